The van der Waals surface area contributed by atoms with Crippen LogP contribution in [0.2, 0.25) is 0 Å². The number of hydrogen-bond acceptors (Lipinski definition) is 3. The van der Waals surface area contributed by atoms with E-state index in [-0.39, 0.29) is 26.5 Å². The van der Waals surface area contributed by atoms with Gasteiger partial charge in [0.25, 0.3) is 0 Å². The van der Waals surface area contributed by atoms with Crippen LogP contribution in [0.25, 0.3) is 11.1 Å². The van der Waals surface area contributed by atoms with Gasteiger partial charge in [0.15, 0.2) is 0 Å². The molecule has 124 valence electrons. The zero-order valence-corrected chi connectivity index (χ0v) is 15.8. The number of nitrogens with zero attached hydrogens (tertiary/aromatic N) is 2. The molecule has 0 aliphatic rings. The monoisotopic (exact) mass is 394 g/mol. The zero-order chi connectivity index (χ0) is 15.7. The van der Waals surface area contributed by atoms with Gasteiger partial charge in [-0.2, -0.15) is 0 Å². The summed E-state index contributed by atoms with van der Waals surface area (Å²) in [6.45, 7) is 10.5. The molecule has 0 radical (unpaired) electrons. The fourth-order valence-corrected chi connectivity index (χ4v) is 2.51. The van der Waals surface area contributed by atoms with Crippen LogP contribution in [0, 0.1) is 20.8 Å². The minimum Gasteiger partial charge on any atom is -0.481 e. The molecule has 2 rings (SSSR count). The maximum Gasteiger partial charge on any atom is 0.244 e. The predicted octanol–water partition coefficient (Wildman–Crippen LogP) is 4.07. The van der Waals surface area contributed by atoms with Gasteiger partial charge in [0.05, 0.1) is 20.3 Å². The normalized spacial score (nSPS) is 10.5. The van der Waals surface area contributed by atoms with Gasteiger partial charge in [-0.25, -0.2) is 4.68 Å². The van der Waals surface area contributed by atoms with E-state index in [1.165, 1.54) is 16.7 Å². The first-order valence-electron chi connectivity index (χ1n) is 7.19. The molecule has 1 aromatic heterocycles. The van der Waals surface area contributed by atoms with Crippen LogP contribution in [-0.2, 0) is 20.4 Å². The van der Waals surface area contributed by atoms with Crippen LogP contribution in [0.5, 0.6) is 11.8 Å². The van der Waals surface area contributed by atoms with Crippen LogP contribution in [0.15, 0.2) is 12.1 Å². The molecule has 4 nitrogen and oxygen atoms in total. The topological polar surface area (TPSA) is 36.3 Å². The van der Waals surface area contributed by atoms with Crippen LogP contribution in [-0.4, -0.2) is 24.0 Å². The van der Waals surface area contributed by atoms with Gasteiger partial charge >= 0.3 is 0 Å². The van der Waals surface area contributed by atoms with Crippen LogP contribution in [0.3, 0.4) is 0 Å². The molecule has 0 atom stereocenters. The molecule has 2 aromatic rings. The molecule has 5 heteroatoms. The Labute approximate surface area is 146 Å². The molecule has 0 spiro atoms. The first-order chi connectivity index (χ1) is 9.90. The second kappa shape index (κ2) is 7.30. The molecule has 0 unspecified atom stereocenters. The van der Waals surface area contributed by atoms with Crippen molar-refractivity contribution in [3.63, 3.8) is 0 Å². The van der Waals surface area contributed by atoms with Crippen molar-refractivity contribution in [2.24, 2.45) is 0 Å². The molecule has 0 bridgehead atoms. The van der Waals surface area contributed by atoms with Gasteiger partial charge in [0, 0.05) is 20.4 Å². The van der Waals surface area contributed by atoms with E-state index in [1.807, 2.05) is 4.68 Å². The van der Waals surface area contributed by atoms with Gasteiger partial charge < -0.3 is 9.47 Å². The molecule has 0 amide bonds. The second-order valence-corrected chi connectivity index (χ2v) is 5.67. The standard InChI is InChI=1S/C17H24N2O2.Pd/c1-10(2)19-17(21-7)15(16(18-19)20-6)14-8-11(3)13(5)12(4)9-14;/h8-10H,1-7H3;. The van der Waals surface area contributed by atoms with Gasteiger partial charge in [-0.05, 0) is 56.9 Å². The Hall–Kier alpha value is -1.31. The number of benzene rings is 1. The van der Waals surface area contributed by atoms with E-state index < -0.39 is 0 Å². The Morgan fingerprint density at radius 2 is 1.55 bits per heavy atom. The maximum absolute atomic E-state index is 5.61. The summed E-state index contributed by atoms with van der Waals surface area (Å²) >= 11 is 0. The Bertz CT molecular complexity index is 640. The van der Waals surface area contributed by atoms with E-state index in [0.717, 1.165) is 17.0 Å². The summed E-state index contributed by atoms with van der Waals surface area (Å²) in [5, 5.41) is 4.53. The molecule has 22 heavy (non-hydrogen) atoms. The molecule has 0 saturated carbocycles. The average molecular weight is 395 g/mol. The Morgan fingerprint density at radius 3 is 1.95 bits per heavy atom. The minimum atomic E-state index is 0. The number of aryl methyl sites for hydroxylation is 2. The molecule has 0 saturated heterocycles. The summed E-state index contributed by atoms with van der Waals surface area (Å²) in [4.78, 5) is 0. The van der Waals surface area contributed by atoms with Crippen molar-refractivity contribution in [3.05, 3.63) is 28.8 Å². The molecule has 0 fully saturated rings. The van der Waals surface area contributed by atoms with E-state index in [1.54, 1.807) is 14.2 Å². The fraction of sp³-hybridized carbons (Fsp3) is 0.471. The van der Waals surface area contributed by atoms with Gasteiger partial charge in [-0.15, -0.1) is 5.10 Å². The second-order valence-electron chi connectivity index (χ2n) is 5.67. The smallest absolute Gasteiger partial charge is 0.244 e. The first kappa shape index (κ1) is 18.7. The van der Waals surface area contributed by atoms with Crippen LogP contribution >= 0.6 is 0 Å². The maximum atomic E-state index is 5.61. The van der Waals surface area contributed by atoms with Gasteiger partial charge in [0.1, 0.15) is 5.56 Å². The number of methoxy groups -OCH3 is 2. The van der Waals surface area contributed by atoms with Crippen LogP contribution < -0.4 is 9.47 Å². The number of aromatic nitrogens is 2. The van der Waals surface area contributed by atoms with Gasteiger partial charge in [0.2, 0.25) is 11.8 Å². The Balaban J connectivity index is 0.00000242. The third-order valence-corrected chi connectivity index (χ3v) is 3.93. The average Bonchev–Trinajstić information content (AvgIpc) is 2.82. The summed E-state index contributed by atoms with van der Waals surface area (Å²) in [5.74, 6) is 1.34. The van der Waals surface area contributed by atoms with E-state index in [0.29, 0.717) is 5.88 Å². The molecule has 0 N–H and O–H groups in total. The van der Waals surface area contributed by atoms with E-state index in [9.17, 15) is 0 Å². The van der Waals surface area contributed by atoms with Crippen molar-refractivity contribution in [2.45, 2.75) is 40.7 Å². The van der Waals surface area contributed by atoms with Crippen molar-refractivity contribution in [3.8, 4) is 22.9 Å². The quantitative estimate of drug-likeness (QED) is 0.733. The predicted molar refractivity (Wildman–Crippen MR) is 85.4 cm³/mol. The first-order valence-corrected chi connectivity index (χ1v) is 7.19. The van der Waals surface area contributed by atoms with Crippen LogP contribution in [0.4, 0.5) is 0 Å². The third-order valence-electron chi connectivity index (χ3n) is 3.93. The Kier molecular flexibility index (Phi) is 6.22. The Morgan fingerprint density at radius 1 is 1.00 bits per heavy atom. The third kappa shape index (κ3) is 3.21. The molecule has 0 aliphatic carbocycles. The summed E-state index contributed by atoms with van der Waals surface area (Å²) in [6, 6.07) is 4.53. The molecular formula is C17H24N2O2Pd. The number of ether oxygens (including phenoxy) is 2. The summed E-state index contributed by atoms with van der Waals surface area (Å²) in [5.41, 5.74) is 5.82. The SMILES string of the molecule is COc1nn(C(C)C)c(OC)c1-c1cc(C)c(C)c(C)c1.[Pd]. The van der Waals surface area contributed by atoms with E-state index in [2.05, 4.69) is 51.9 Å². The molecule has 1 heterocycles. The summed E-state index contributed by atoms with van der Waals surface area (Å²) in [7, 11) is 3.32. The zero-order valence-electron chi connectivity index (χ0n) is 14.3. The van der Waals surface area contributed by atoms with Crippen molar-refractivity contribution in [1.29, 1.82) is 0 Å². The summed E-state index contributed by atoms with van der Waals surface area (Å²) < 4.78 is 12.9. The van der Waals surface area contributed by atoms with Crippen molar-refractivity contribution < 1.29 is 29.9 Å². The fourth-order valence-electron chi connectivity index (χ4n) is 2.51. The van der Waals surface area contributed by atoms with Crippen LogP contribution in [0.1, 0.15) is 36.6 Å². The number of hydrogen-bond donors (Lipinski definition) is 0. The van der Waals surface area contributed by atoms with Crippen molar-refractivity contribution in [1.82, 2.24) is 9.78 Å². The van der Waals surface area contributed by atoms with Crippen molar-refractivity contribution >= 4 is 0 Å². The van der Waals surface area contributed by atoms with Gasteiger partial charge in [-0.3, -0.25) is 0 Å². The van der Waals surface area contributed by atoms with E-state index in [4.69, 9.17) is 9.47 Å². The molecule has 0 aliphatic heterocycles. The molecule has 1 aromatic carbocycles. The largest absolute Gasteiger partial charge is 0.481 e. The van der Waals surface area contributed by atoms with Gasteiger partial charge in [-0.1, -0.05) is 12.1 Å². The number of rotatable bonds is 4. The van der Waals surface area contributed by atoms with E-state index >= 15 is 0 Å². The molecular weight excluding hydrogens is 371 g/mol. The van der Waals surface area contributed by atoms with Crippen molar-refractivity contribution in [2.75, 3.05) is 14.2 Å². The minimum absolute atomic E-state index is 0. The summed E-state index contributed by atoms with van der Waals surface area (Å²) in [6.07, 6.45) is 0.